The van der Waals surface area contributed by atoms with E-state index in [1.54, 1.807) is 0 Å². The number of hydrogen-bond acceptors (Lipinski definition) is 0. The molecule has 0 aromatic carbocycles. The molecule has 0 bridgehead atoms. The zero-order chi connectivity index (χ0) is 10.9. The van der Waals surface area contributed by atoms with E-state index in [9.17, 15) is 0 Å². The average Bonchev–Trinajstić information content (AvgIpc) is 2.01. The Morgan fingerprint density at radius 2 is 1.23 bits per heavy atom. The molecule has 0 N–H and O–H groups in total. The molecule has 0 heterocycles. The highest BCUT2D eigenvalue weighted by Crippen LogP contribution is 2.51. The summed E-state index contributed by atoms with van der Waals surface area (Å²) in [5.41, 5.74) is 0.886. The summed E-state index contributed by atoms with van der Waals surface area (Å²) in [6, 6.07) is 0. The Kier molecular flexibility index (Phi) is 4.02. The molecule has 0 rings (SSSR count). The minimum absolute atomic E-state index is 0.427. The van der Waals surface area contributed by atoms with Crippen LogP contribution in [0.4, 0.5) is 0 Å². The molecule has 80 valence electrons. The van der Waals surface area contributed by atoms with Crippen LogP contribution in [-0.4, -0.2) is 0 Å². The molecule has 1 unspecified atom stereocenters. The van der Waals surface area contributed by atoms with Crippen LogP contribution < -0.4 is 0 Å². The van der Waals surface area contributed by atoms with Crippen molar-refractivity contribution in [3.05, 3.63) is 0 Å². The maximum atomic E-state index is 2.44. The molecule has 0 spiro atoms. The smallest absolute Gasteiger partial charge is 0.0252 e. The molecule has 1 atom stereocenters. The van der Waals surface area contributed by atoms with Crippen LogP contribution in [0, 0.1) is 22.7 Å². The monoisotopic (exact) mass is 184 g/mol. The van der Waals surface area contributed by atoms with Gasteiger partial charge in [-0.3, -0.25) is 0 Å². The second-order valence-electron chi connectivity index (χ2n) is 5.80. The van der Waals surface area contributed by atoms with Gasteiger partial charge in [0.1, 0.15) is 0 Å². The lowest BCUT2D eigenvalue weighted by atomic mass is 9.55. The van der Waals surface area contributed by atoms with E-state index in [-0.39, 0.29) is 0 Å². The van der Waals surface area contributed by atoms with E-state index in [0.29, 0.717) is 10.8 Å². The Morgan fingerprint density at radius 3 is 1.31 bits per heavy atom. The van der Waals surface area contributed by atoms with Gasteiger partial charge in [-0.2, -0.15) is 0 Å². The zero-order valence-corrected chi connectivity index (χ0v) is 10.9. The van der Waals surface area contributed by atoms with E-state index >= 15 is 0 Å². The predicted octanol–water partition coefficient (Wildman–Crippen LogP) is 4.74. The van der Waals surface area contributed by atoms with Crippen molar-refractivity contribution >= 4 is 0 Å². The molecule has 0 aromatic heterocycles. The van der Waals surface area contributed by atoms with Gasteiger partial charge < -0.3 is 0 Å². The molecule has 0 saturated heterocycles. The Balaban J connectivity index is 4.95. The summed E-state index contributed by atoms with van der Waals surface area (Å²) >= 11 is 0. The maximum absolute atomic E-state index is 2.44. The normalized spacial score (nSPS) is 18.0. The summed E-state index contributed by atoms with van der Waals surface area (Å²) in [5, 5.41) is 0. The molecular formula is C13H28. The van der Waals surface area contributed by atoms with Crippen LogP contribution in [-0.2, 0) is 0 Å². The van der Waals surface area contributed by atoms with Gasteiger partial charge in [-0.1, -0.05) is 55.4 Å². The molecule has 0 fully saturated rings. The Morgan fingerprint density at radius 1 is 0.846 bits per heavy atom. The quantitative estimate of drug-likeness (QED) is 0.592. The van der Waals surface area contributed by atoms with Gasteiger partial charge >= 0.3 is 0 Å². The van der Waals surface area contributed by atoms with Crippen LogP contribution in [0.15, 0.2) is 0 Å². The van der Waals surface area contributed by atoms with Crippen molar-refractivity contribution in [3.63, 3.8) is 0 Å². The molecule has 0 saturated carbocycles. The van der Waals surface area contributed by atoms with Crippen molar-refractivity contribution in [1.82, 2.24) is 0 Å². The highest BCUT2D eigenvalue weighted by molar-refractivity contribution is 4.92. The van der Waals surface area contributed by atoms with Gasteiger partial charge in [0.15, 0.2) is 0 Å². The van der Waals surface area contributed by atoms with Crippen molar-refractivity contribution in [3.8, 4) is 0 Å². The summed E-state index contributed by atoms with van der Waals surface area (Å²) in [7, 11) is 0. The minimum atomic E-state index is 0.427. The lowest BCUT2D eigenvalue weighted by Gasteiger charge is -2.50. The van der Waals surface area contributed by atoms with Crippen LogP contribution >= 0.6 is 0 Å². The van der Waals surface area contributed by atoms with Crippen LogP contribution in [0.1, 0.15) is 61.8 Å². The second-order valence-corrected chi connectivity index (χ2v) is 5.80. The topological polar surface area (TPSA) is 0 Å². The first-order chi connectivity index (χ1) is 5.70. The number of hydrogen-bond donors (Lipinski definition) is 0. The maximum Gasteiger partial charge on any atom is -0.0252 e. The summed E-state index contributed by atoms with van der Waals surface area (Å²) in [4.78, 5) is 0. The Hall–Kier alpha value is 0. The Bertz CT molecular complexity index is 153. The van der Waals surface area contributed by atoms with Crippen LogP contribution in [0.2, 0.25) is 0 Å². The second kappa shape index (κ2) is 4.02. The van der Waals surface area contributed by atoms with E-state index in [4.69, 9.17) is 0 Å². The summed E-state index contributed by atoms with van der Waals surface area (Å²) in [6.45, 7) is 19.0. The van der Waals surface area contributed by atoms with Gasteiger partial charge in [-0.15, -0.1) is 0 Å². The highest BCUT2D eigenvalue weighted by Gasteiger charge is 2.43. The van der Waals surface area contributed by atoms with Gasteiger partial charge in [0.05, 0.1) is 0 Å². The van der Waals surface area contributed by atoms with Crippen molar-refractivity contribution < 1.29 is 0 Å². The number of rotatable bonds is 4. The average molecular weight is 184 g/mol. The molecule has 13 heavy (non-hydrogen) atoms. The van der Waals surface area contributed by atoms with E-state index in [1.807, 2.05) is 0 Å². The van der Waals surface area contributed by atoms with Gasteiger partial charge in [0.2, 0.25) is 0 Å². The molecule has 0 aliphatic carbocycles. The fraction of sp³-hybridized carbons (Fsp3) is 1.00. The summed E-state index contributed by atoms with van der Waals surface area (Å²) in [5.74, 6) is 1.51. The molecule has 0 aliphatic heterocycles. The van der Waals surface area contributed by atoms with E-state index in [2.05, 4.69) is 55.4 Å². The van der Waals surface area contributed by atoms with Crippen molar-refractivity contribution in [2.45, 2.75) is 61.8 Å². The standard InChI is InChI=1S/C13H28/c1-9-13(8,11(4)5)12(6,7)10(2)3/h10-11H,9H2,1-8H3. The third-order valence-corrected chi connectivity index (χ3v) is 4.92. The van der Waals surface area contributed by atoms with Crippen LogP contribution in [0.25, 0.3) is 0 Å². The molecule has 0 amide bonds. The molecule has 0 aliphatic rings. The predicted molar refractivity (Wildman–Crippen MR) is 61.9 cm³/mol. The first-order valence-electron chi connectivity index (χ1n) is 5.70. The third kappa shape index (κ3) is 2.08. The highest BCUT2D eigenvalue weighted by atomic mass is 14.5. The third-order valence-electron chi connectivity index (χ3n) is 4.92. The lowest BCUT2D eigenvalue weighted by Crippen LogP contribution is -2.42. The largest absolute Gasteiger partial charge is 0.0648 e. The Labute approximate surface area is 85.1 Å². The van der Waals surface area contributed by atoms with E-state index in [1.165, 1.54) is 6.42 Å². The van der Waals surface area contributed by atoms with Crippen LogP contribution in [0.5, 0.6) is 0 Å². The van der Waals surface area contributed by atoms with Crippen molar-refractivity contribution in [2.24, 2.45) is 22.7 Å². The minimum Gasteiger partial charge on any atom is -0.0648 e. The molecule has 0 heteroatoms. The van der Waals surface area contributed by atoms with Crippen LogP contribution in [0.3, 0.4) is 0 Å². The van der Waals surface area contributed by atoms with E-state index in [0.717, 1.165) is 11.8 Å². The SMILES string of the molecule is CCC(C)(C(C)C)C(C)(C)C(C)C. The summed E-state index contributed by atoms with van der Waals surface area (Å²) < 4.78 is 0. The van der Waals surface area contributed by atoms with Crippen molar-refractivity contribution in [2.75, 3.05) is 0 Å². The summed E-state index contributed by atoms with van der Waals surface area (Å²) in [6.07, 6.45) is 1.27. The van der Waals surface area contributed by atoms with E-state index < -0.39 is 0 Å². The van der Waals surface area contributed by atoms with Gasteiger partial charge in [-0.25, -0.2) is 0 Å². The van der Waals surface area contributed by atoms with Gasteiger partial charge in [0.25, 0.3) is 0 Å². The molecule has 0 radical (unpaired) electrons. The lowest BCUT2D eigenvalue weighted by molar-refractivity contribution is -0.00752. The molecule has 0 aromatic rings. The van der Waals surface area contributed by atoms with Gasteiger partial charge in [0, 0.05) is 0 Å². The van der Waals surface area contributed by atoms with Crippen molar-refractivity contribution in [1.29, 1.82) is 0 Å². The fourth-order valence-electron chi connectivity index (χ4n) is 2.27. The fourth-order valence-corrected chi connectivity index (χ4v) is 2.27. The molecule has 0 nitrogen and oxygen atoms in total. The molecular weight excluding hydrogens is 156 g/mol. The van der Waals surface area contributed by atoms with Gasteiger partial charge in [-0.05, 0) is 29.1 Å². The zero-order valence-electron chi connectivity index (χ0n) is 10.9. The first kappa shape index (κ1) is 13.0. The first-order valence-corrected chi connectivity index (χ1v) is 5.70.